The van der Waals surface area contributed by atoms with Crippen LogP contribution < -0.4 is 15.7 Å². The van der Waals surface area contributed by atoms with Crippen molar-refractivity contribution in [3.05, 3.63) is 39.7 Å². The minimum atomic E-state index is -0.983. The molecule has 0 aliphatic heterocycles. The van der Waals surface area contributed by atoms with E-state index in [2.05, 4.69) is 12.2 Å². The van der Waals surface area contributed by atoms with Crippen LogP contribution in [0.4, 0.5) is 0 Å². The van der Waals surface area contributed by atoms with Gasteiger partial charge in [0, 0.05) is 23.6 Å². The average molecular weight is 375 g/mol. The normalized spacial score (nSPS) is 12.0. The molecule has 1 aromatic heterocycles. The summed E-state index contributed by atoms with van der Waals surface area (Å²) in [6.07, 6.45) is 1.82. The summed E-state index contributed by atoms with van der Waals surface area (Å²) >= 11 is 0. The topological polar surface area (TPSA) is 106 Å². The Balaban J connectivity index is 2.22. The smallest absolute Gasteiger partial charge is 0.336 e. The molecule has 0 unspecified atom stereocenters. The number of hydrogen-bond donors (Lipinski definition) is 2. The van der Waals surface area contributed by atoms with Crippen molar-refractivity contribution in [1.82, 2.24) is 5.32 Å². The first kappa shape index (κ1) is 20.5. The highest BCUT2D eigenvalue weighted by molar-refractivity contribution is 5.85. The number of carboxylic acid groups (broad SMARTS) is 1. The third-order valence-corrected chi connectivity index (χ3v) is 4.31. The molecule has 2 aromatic rings. The lowest BCUT2D eigenvalue weighted by molar-refractivity contribution is -0.137. The lowest BCUT2D eigenvalue weighted by Gasteiger charge is -2.17. The molecule has 146 valence electrons. The molecule has 0 bridgehead atoms. The van der Waals surface area contributed by atoms with E-state index in [1.165, 1.54) is 6.07 Å². The van der Waals surface area contributed by atoms with Crippen LogP contribution in [-0.2, 0) is 16.0 Å². The molecule has 2 rings (SSSR count). The Labute approximate surface area is 157 Å². The number of carboxylic acids is 1. The van der Waals surface area contributed by atoms with Crippen molar-refractivity contribution in [2.24, 2.45) is 0 Å². The predicted octanol–water partition coefficient (Wildman–Crippen LogP) is 2.80. The number of amides is 1. The molecule has 7 heteroatoms. The standard InChI is InChI=1S/C20H25NO6/c1-4-5-6-14-11-18(24)27-19-12(2)16(8-7-15(14)19)26-13(3)20(25)21-10-9-17(22)23/h7-8,11,13H,4-6,9-10H2,1-3H3,(H,21,25)(H,22,23)/t13-/m0/s1. The van der Waals surface area contributed by atoms with E-state index in [-0.39, 0.29) is 13.0 Å². The van der Waals surface area contributed by atoms with Gasteiger partial charge in [-0.25, -0.2) is 4.79 Å². The molecule has 1 aromatic carbocycles. The second kappa shape index (κ2) is 9.21. The minimum Gasteiger partial charge on any atom is -0.481 e. The van der Waals surface area contributed by atoms with E-state index in [0.29, 0.717) is 16.9 Å². The maximum absolute atomic E-state index is 12.0. The van der Waals surface area contributed by atoms with Gasteiger partial charge in [-0.15, -0.1) is 0 Å². The second-order valence-electron chi connectivity index (χ2n) is 6.45. The van der Waals surface area contributed by atoms with Crippen LogP contribution in [-0.4, -0.2) is 29.6 Å². The molecule has 1 atom stereocenters. The van der Waals surface area contributed by atoms with E-state index in [4.69, 9.17) is 14.3 Å². The van der Waals surface area contributed by atoms with Gasteiger partial charge >= 0.3 is 11.6 Å². The van der Waals surface area contributed by atoms with Gasteiger partial charge in [-0.2, -0.15) is 0 Å². The van der Waals surface area contributed by atoms with Crippen LogP contribution in [0.25, 0.3) is 11.0 Å². The largest absolute Gasteiger partial charge is 0.481 e. The fourth-order valence-corrected chi connectivity index (χ4v) is 2.79. The van der Waals surface area contributed by atoms with Crippen molar-refractivity contribution in [1.29, 1.82) is 0 Å². The lowest BCUT2D eigenvalue weighted by Crippen LogP contribution is -2.37. The van der Waals surface area contributed by atoms with Gasteiger partial charge in [0.25, 0.3) is 5.91 Å². The number of nitrogens with one attached hydrogen (secondary N) is 1. The summed E-state index contributed by atoms with van der Waals surface area (Å²) in [5, 5.41) is 12.0. The summed E-state index contributed by atoms with van der Waals surface area (Å²) in [6.45, 7) is 5.48. The van der Waals surface area contributed by atoms with Crippen LogP contribution in [0.3, 0.4) is 0 Å². The first-order chi connectivity index (χ1) is 12.8. The predicted molar refractivity (Wildman–Crippen MR) is 101 cm³/mol. The zero-order valence-corrected chi connectivity index (χ0v) is 15.8. The third kappa shape index (κ3) is 5.32. The SMILES string of the molecule is CCCCc1cc(=O)oc2c(C)c(O[C@@H](C)C(=O)NCCC(=O)O)ccc12. The Bertz CT molecular complexity index is 886. The Kier molecular flexibility index (Phi) is 6.98. The fraction of sp³-hybridized carbons (Fsp3) is 0.450. The van der Waals surface area contributed by atoms with Gasteiger partial charge in [0.05, 0.1) is 6.42 Å². The van der Waals surface area contributed by atoms with Crippen molar-refractivity contribution in [3.8, 4) is 5.75 Å². The molecule has 0 saturated heterocycles. The van der Waals surface area contributed by atoms with Gasteiger partial charge in [-0.3, -0.25) is 9.59 Å². The van der Waals surface area contributed by atoms with E-state index in [1.54, 1.807) is 19.9 Å². The Morgan fingerprint density at radius 2 is 2.07 bits per heavy atom. The summed E-state index contributed by atoms with van der Waals surface area (Å²) in [6, 6.07) is 5.12. The van der Waals surface area contributed by atoms with Crippen LogP contribution in [0.15, 0.2) is 27.4 Å². The Hall–Kier alpha value is -2.83. The van der Waals surface area contributed by atoms with Gasteiger partial charge in [0.1, 0.15) is 11.3 Å². The maximum atomic E-state index is 12.0. The van der Waals surface area contributed by atoms with Gasteiger partial charge < -0.3 is 19.6 Å². The molecule has 0 radical (unpaired) electrons. The van der Waals surface area contributed by atoms with E-state index >= 15 is 0 Å². The molecule has 0 aliphatic carbocycles. The molecular formula is C20H25NO6. The second-order valence-corrected chi connectivity index (χ2v) is 6.45. The first-order valence-corrected chi connectivity index (χ1v) is 9.06. The number of ether oxygens (including phenoxy) is 1. The summed E-state index contributed by atoms with van der Waals surface area (Å²) < 4.78 is 11.1. The number of aryl methyl sites for hydroxylation is 2. The Morgan fingerprint density at radius 1 is 1.33 bits per heavy atom. The van der Waals surface area contributed by atoms with Gasteiger partial charge in [0.15, 0.2) is 6.10 Å². The first-order valence-electron chi connectivity index (χ1n) is 9.06. The molecule has 1 heterocycles. The van der Waals surface area contributed by atoms with Gasteiger partial charge in [-0.1, -0.05) is 13.3 Å². The van der Waals surface area contributed by atoms with E-state index < -0.39 is 23.6 Å². The molecule has 0 spiro atoms. The molecule has 0 aliphatic rings. The van der Waals surface area contributed by atoms with Crippen molar-refractivity contribution in [2.75, 3.05) is 6.54 Å². The summed E-state index contributed by atoms with van der Waals surface area (Å²) in [5.41, 5.74) is 1.64. The van der Waals surface area contributed by atoms with Crippen molar-refractivity contribution < 1.29 is 23.8 Å². The molecule has 7 nitrogen and oxygen atoms in total. The highest BCUT2D eigenvalue weighted by Crippen LogP contribution is 2.29. The minimum absolute atomic E-state index is 0.0359. The van der Waals surface area contributed by atoms with Crippen LogP contribution in [0, 0.1) is 6.92 Å². The number of aliphatic carboxylic acids is 1. The molecular weight excluding hydrogens is 350 g/mol. The number of benzene rings is 1. The number of fused-ring (bicyclic) bond motifs is 1. The number of rotatable bonds is 9. The zero-order valence-electron chi connectivity index (χ0n) is 15.8. The monoisotopic (exact) mass is 375 g/mol. The third-order valence-electron chi connectivity index (χ3n) is 4.31. The van der Waals surface area contributed by atoms with Crippen LogP contribution in [0.1, 0.15) is 44.2 Å². The number of hydrogen-bond acceptors (Lipinski definition) is 5. The molecule has 0 saturated carbocycles. The number of carbonyl (C=O) groups is 2. The summed E-state index contributed by atoms with van der Waals surface area (Å²) in [7, 11) is 0. The van der Waals surface area contributed by atoms with Crippen LogP contribution >= 0.6 is 0 Å². The average Bonchev–Trinajstić information content (AvgIpc) is 2.61. The van der Waals surface area contributed by atoms with Crippen molar-refractivity contribution in [2.45, 2.75) is 52.6 Å². The van der Waals surface area contributed by atoms with E-state index in [9.17, 15) is 14.4 Å². The van der Waals surface area contributed by atoms with E-state index in [0.717, 1.165) is 30.2 Å². The highest BCUT2D eigenvalue weighted by Gasteiger charge is 2.18. The van der Waals surface area contributed by atoms with E-state index in [1.807, 2.05) is 6.07 Å². The summed E-state index contributed by atoms with van der Waals surface area (Å²) in [5.74, 6) is -0.948. The number of carbonyl (C=O) groups excluding carboxylic acids is 1. The zero-order chi connectivity index (χ0) is 20.0. The lowest BCUT2D eigenvalue weighted by atomic mass is 10.0. The quantitative estimate of drug-likeness (QED) is 0.653. The van der Waals surface area contributed by atoms with Gasteiger partial charge in [-0.05, 0) is 44.4 Å². The molecule has 1 amide bonds. The number of unbranched alkanes of at least 4 members (excludes halogenated alkanes) is 1. The summed E-state index contributed by atoms with van der Waals surface area (Å²) in [4.78, 5) is 34.5. The fourth-order valence-electron chi connectivity index (χ4n) is 2.79. The van der Waals surface area contributed by atoms with Crippen LogP contribution in [0.2, 0.25) is 0 Å². The van der Waals surface area contributed by atoms with Crippen molar-refractivity contribution >= 4 is 22.8 Å². The van der Waals surface area contributed by atoms with Gasteiger partial charge in [0.2, 0.25) is 0 Å². The maximum Gasteiger partial charge on any atom is 0.336 e. The molecule has 2 N–H and O–H groups in total. The molecule has 0 fully saturated rings. The Morgan fingerprint density at radius 3 is 2.74 bits per heavy atom. The molecule has 27 heavy (non-hydrogen) atoms. The van der Waals surface area contributed by atoms with Crippen molar-refractivity contribution in [3.63, 3.8) is 0 Å². The highest BCUT2D eigenvalue weighted by atomic mass is 16.5. The van der Waals surface area contributed by atoms with Crippen LogP contribution in [0.5, 0.6) is 5.75 Å².